The highest BCUT2D eigenvalue weighted by Gasteiger charge is 2.27. The average Bonchev–Trinajstić information content (AvgIpc) is 2.73. The first kappa shape index (κ1) is 23.8. The van der Waals surface area contributed by atoms with Crippen LogP contribution in [0.2, 0.25) is 0 Å². The fraction of sp³-hybridized carbons (Fsp3) is 0.227. The van der Waals surface area contributed by atoms with Crippen LogP contribution in [-0.4, -0.2) is 41.3 Å². The van der Waals surface area contributed by atoms with E-state index in [9.17, 15) is 28.1 Å². The summed E-state index contributed by atoms with van der Waals surface area (Å²) in [6.45, 7) is 5.03. The largest absolute Gasteiger partial charge is 0.304 e. The van der Waals surface area contributed by atoms with Gasteiger partial charge in [-0.2, -0.15) is 5.10 Å². The Kier molecular flexibility index (Phi) is 6.45. The van der Waals surface area contributed by atoms with E-state index in [0.29, 0.717) is 11.4 Å². The molecular weight excluding hydrogens is 448 g/mol. The van der Waals surface area contributed by atoms with E-state index in [2.05, 4.69) is 5.10 Å². The molecule has 0 fully saturated rings. The van der Waals surface area contributed by atoms with Gasteiger partial charge in [0.05, 0.1) is 9.82 Å². The molecule has 3 rings (SSSR count). The Morgan fingerprint density at radius 2 is 1.73 bits per heavy atom. The Labute approximate surface area is 190 Å². The molecule has 0 unspecified atom stereocenters. The Hall–Kier alpha value is -3.86. The molecule has 0 saturated carbocycles. The van der Waals surface area contributed by atoms with Crippen molar-refractivity contribution in [1.82, 2.24) is 9.78 Å². The number of aromatic nitrogens is 2. The highest BCUT2D eigenvalue weighted by Crippen LogP contribution is 2.24. The van der Waals surface area contributed by atoms with Crippen LogP contribution >= 0.6 is 0 Å². The number of sulfone groups is 1. The quantitative estimate of drug-likeness (QED) is 0.399. The van der Waals surface area contributed by atoms with Crippen molar-refractivity contribution >= 4 is 27.1 Å². The lowest BCUT2D eigenvalue weighted by atomic mass is 10.2. The summed E-state index contributed by atoms with van der Waals surface area (Å²) < 4.78 is 24.7. The number of aryl methyl sites for hydroxylation is 1. The van der Waals surface area contributed by atoms with Crippen LogP contribution in [0.5, 0.6) is 0 Å². The first-order valence-corrected chi connectivity index (χ1v) is 11.8. The molecule has 0 spiro atoms. The zero-order valence-corrected chi connectivity index (χ0v) is 19.2. The third-order valence-electron chi connectivity index (χ3n) is 4.89. The molecule has 33 heavy (non-hydrogen) atoms. The highest BCUT2D eigenvalue weighted by molar-refractivity contribution is 7.90. The van der Waals surface area contributed by atoms with Gasteiger partial charge in [-0.15, -0.1) is 0 Å². The van der Waals surface area contributed by atoms with Gasteiger partial charge in [0.1, 0.15) is 5.69 Å². The number of benzene rings is 2. The molecule has 0 radical (unpaired) electrons. The van der Waals surface area contributed by atoms with E-state index < -0.39 is 37.8 Å². The number of carbonyl (C=O) groups is 1. The number of hydrogen-bond acceptors (Lipinski definition) is 7. The van der Waals surface area contributed by atoms with E-state index >= 15 is 0 Å². The second kappa shape index (κ2) is 8.94. The molecule has 0 aliphatic rings. The zero-order chi connectivity index (χ0) is 24.5. The Bertz CT molecular complexity index is 1400. The van der Waals surface area contributed by atoms with Crippen molar-refractivity contribution in [3.05, 3.63) is 86.3 Å². The van der Waals surface area contributed by atoms with Gasteiger partial charge in [-0.3, -0.25) is 19.7 Å². The predicted octanol–water partition coefficient (Wildman–Crippen LogP) is 2.91. The van der Waals surface area contributed by atoms with Crippen LogP contribution in [0.4, 0.5) is 11.4 Å². The molecule has 0 N–H and O–H groups in total. The van der Waals surface area contributed by atoms with E-state index in [4.69, 9.17) is 0 Å². The van der Waals surface area contributed by atoms with Gasteiger partial charge in [-0.25, -0.2) is 13.1 Å². The maximum absolute atomic E-state index is 13.4. The minimum Gasteiger partial charge on any atom is -0.304 e. The number of anilines is 1. The molecule has 0 saturated heterocycles. The number of rotatable bonds is 6. The Balaban J connectivity index is 2.13. The number of para-hydroxylation sites is 2. The number of amides is 1. The van der Waals surface area contributed by atoms with Gasteiger partial charge in [0.25, 0.3) is 11.6 Å². The summed E-state index contributed by atoms with van der Waals surface area (Å²) in [6.07, 6.45) is 1.08. The van der Waals surface area contributed by atoms with Gasteiger partial charge in [0.15, 0.2) is 15.5 Å². The van der Waals surface area contributed by atoms with E-state index in [0.717, 1.165) is 6.26 Å². The Morgan fingerprint density at radius 3 is 2.27 bits per heavy atom. The molecule has 10 nitrogen and oxygen atoms in total. The van der Waals surface area contributed by atoms with Crippen LogP contribution in [0.15, 0.2) is 64.3 Å². The normalized spacial score (nSPS) is 11.4. The summed E-state index contributed by atoms with van der Waals surface area (Å²) in [5.74, 6) is -0.713. The molecule has 1 amide bonds. The summed E-state index contributed by atoms with van der Waals surface area (Å²) in [5.41, 5.74) is -0.471. The molecule has 1 aromatic heterocycles. The monoisotopic (exact) mass is 470 g/mol. The van der Waals surface area contributed by atoms with Gasteiger partial charge in [-0.05, 0) is 51.1 Å². The molecule has 11 heteroatoms. The minimum atomic E-state index is -3.42. The van der Waals surface area contributed by atoms with Crippen LogP contribution in [0.3, 0.4) is 0 Å². The third kappa shape index (κ3) is 4.82. The fourth-order valence-electron chi connectivity index (χ4n) is 3.35. The van der Waals surface area contributed by atoms with Gasteiger partial charge < -0.3 is 4.90 Å². The smallest absolute Gasteiger partial charge is 0.294 e. The van der Waals surface area contributed by atoms with Gasteiger partial charge in [0.2, 0.25) is 5.43 Å². The summed E-state index contributed by atoms with van der Waals surface area (Å²) in [6, 6.07) is 12.4. The van der Waals surface area contributed by atoms with Crippen molar-refractivity contribution in [2.75, 3.05) is 11.2 Å². The minimum absolute atomic E-state index is 0.0922. The van der Waals surface area contributed by atoms with Crippen molar-refractivity contribution in [3.63, 3.8) is 0 Å². The second-order valence-electron chi connectivity index (χ2n) is 7.69. The van der Waals surface area contributed by atoms with Gasteiger partial charge in [0, 0.05) is 35.8 Å². The van der Waals surface area contributed by atoms with E-state index in [1.807, 2.05) is 0 Å². The SMILES string of the molecule is Cc1cc(=O)c(C(=O)N(c2ccc(S(C)(=O)=O)cc2)C(C)C)nn1-c1ccccc1[N+](=O)[O-]. The lowest BCUT2D eigenvalue weighted by Gasteiger charge is -2.26. The van der Waals surface area contributed by atoms with E-state index in [1.54, 1.807) is 26.8 Å². The molecule has 0 aliphatic carbocycles. The fourth-order valence-corrected chi connectivity index (χ4v) is 3.99. The lowest BCUT2D eigenvalue weighted by molar-refractivity contribution is -0.384. The molecule has 1 heterocycles. The summed E-state index contributed by atoms with van der Waals surface area (Å²) in [4.78, 5) is 38.4. The molecule has 0 aliphatic heterocycles. The number of nitro groups is 1. The first-order chi connectivity index (χ1) is 15.4. The standard InChI is InChI=1S/C22H22N4O6S/c1-14(2)24(16-9-11-17(12-10-16)33(4,31)32)22(28)21-20(27)13-15(3)25(23-21)18-7-5-6-8-19(18)26(29)30/h5-14H,1-4H3. The number of hydrogen-bond donors (Lipinski definition) is 0. The van der Waals surface area contributed by atoms with Gasteiger partial charge in [-0.1, -0.05) is 12.1 Å². The number of nitro benzene ring substituents is 1. The topological polar surface area (TPSA) is 132 Å². The average molecular weight is 471 g/mol. The molecule has 2 aromatic carbocycles. The summed E-state index contributed by atoms with van der Waals surface area (Å²) in [5, 5.41) is 15.6. The van der Waals surface area contributed by atoms with Crippen LogP contribution in [0, 0.1) is 17.0 Å². The van der Waals surface area contributed by atoms with Crippen molar-refractivity contribution in [2.45, 2.75) is 31.7 Å². The van der Waals surface area contributed by atoms with Crippen molar-refractivity contribution in [3.8, 4) is 5.69 Å². The summed E-state index contributed by atoms with van der Waals surface area (Å²) >= 11 is 0. The van der Waals surface area contributed by atoms with Crippen LogP contribution in [0.1, 0.15) is 30.0 Å². The van der Waals surface area contributed by atoms with E-state index in [-0.39, 0.29) is 16.3 Å². The first-order valence-electron chi connectivity index (χ1n) is 9.90. The summed E-state index contributed by atoms with van der Waals surface area (Å²) in [7, 11) is -3.42. The molecule has 0 bridgehead atoms. The van der Waals surface area contributed by atoms with E-state index in [1.165, 1.54) is 58.1 Å². The number of carbonyl (C=O) groups excluding carboxylic acids is 1. The zero-order valence-electron chi connectivity index (χ0n) is 18.4. The van der Waals surface area contributed by atoms with Crippen LogP contribution in [-0.2, 0) is 9.84 Å². The second-order valence-corrected chi connectivity index (χ2v) is 9.71. The maximum Gasteiger partial charge on any atom is 0.294 e. The van der Waals surface area contributed by atoms with Crippen LogP contribution in [0.25, 0.3) is 5.69 Å². The van der Waals surface area contributed by atoms with Crippen molar-refractivity contribution in [2.24, 2.45) is 0 Å². The Morgan fingerprint density at radius 1 is 1.12 bits per heavy atom. The van der Waals surface area contributed by atoms with Crippen molar-refractivity contribution < 1.29 is 18.1 Å². The highest BCUT2D eigenvalue weighted by atomic mass is 32.2. The molecule has 172 valence electrons. The lowest BCUT2D eigenvalue weighted by Crippen LogP contribution is -2.40. The third-order valence-corrected chi connectivity index (χ3v) is 6.02. The number of nitrogens with zero attached hydrogens (tertiary/aromatic N) is 4. The molecule has 3 aromatic rings. The van der Waals surface area contributed by atoms with Crippen LogP contribution < -0.4 is 10.3 Å². The maximum atomic E-state index is 13.4. The van der Waals surface area contributed by atoms with Gasteiger partial charge >= 0.3 is 0 Å². The molecule has 0 atom stereocenters. The van der Waals surface area contributed by atoms with Crippen molar-refractivity contribution in [1.29, 1.82) is 0 Å². The predicted molar refractivity (Wildman–Crippen MR) is 123 cm³/mol. The molecular formula is C22H22N4O6S.